The molecule has 1 amide bonds. The van der Waals surface area contributed by atoms with Crippen LogP contribution in [0.5, 0.6) is 0 Å². The third-order valence-electron chi connectivity index (χ3n) is 4.78. The summed E-state index contributed by atoms with van der Waals surface area (Å²) in [6.07, 6.45) is 1.92. The number of pyridine rings is 1. The summed E-state index contributed by atoms with van der Waals surface area (Å²) in [6.45, 7) is 4.59. The van der Waals surface area contributed by atoms with Gasteiger partial charge in [-0.3, -0.25) is 9.78 Å². The van der Waals surface area contributed by atoms with E-state index in [0.717, 1.165) is 41.9 Å². The van der Waals surface area contributed by atoms with Gasteiger partial charge >= 0.3 is 0 Å². The maximum absolute atomic E-state index is 13.0. The largest absolute Gasteiger partial charge is 0.329 e. The average Bonchev–Trinajstić information content (AvgIpc) is 3.30. The van der Waals surface area contributed by atoms with Crippen LogP contribution in [-0.4, -0.2) is 31.9 Å². The monoisotopic (exact) mass is 364 g/mol. The van der Waals surface area contributed by atoms with Gasteiger partial charge < -0.3 is 4.90 Å². The number of benzene rings is 1. The van der Waals surface area contributed by atoms with Crippen molar-refractivity contribution in [3.05, 3.63) is 64.4 Å². The highest BCUT2D eigenvalue weighted by Crippen LogP contribution is 2.35. The van der Waals surface area contributed by atoms with E-state index in [1.807, 2.05) is 36.9 Å². The lowest BCUT2D eigenvalue weighted by Crippen LogP contribution is -2.31. The van der Waals surface area contributed by atoms with Gasteiger partial charge in [-0.2, -0.15) is 0 Å². The van der Waals surface area contributed by atoms with E-state index in [0.29, 0.717) is 10.6 Å². The van der Waals surface area contributed by atoms with Crippen molar-refractivity contribution in [3.8, 4) is 11.1 Å². The summed E-state index contributed by atoms with van der Waals surface area (Å²) in [5.41, 5.74) is 4.94. The molecule has 1 fully saturated rings. The molecule has 1 aromatic carbocycles. The van der Waals surface area contributed by atoms with Crippen LogP contribution in [0.4, 0.5) is 0 Å². The zero-order chi connectivity index (χ0) is 18.1. The predicted molar refractivity (Wildman–Crippen MR) is 102 cm³/mol. The lowest BCUT2D eigenvalue weighted by atomic mass is 10.0. The van der Waals surface area contributed by atoms with Crippen LogP contribution < -0.4 is 0 Å². The normalized spacial score (nSPS) is 16.8. The molecule has 0 radical (unpaired) electrons. The van der Waals surface area contributed by atoms with Crippen LogP contribution >= 0.6 is 11.5 Å². The summed E-state index contributed by atoms with van der Waals surface area (Å²) in [7, 11) is 0. The molecular weight excluding hydrogens is 344 g/mol. The molecule has 3 heterocycles. The van der Waals surface area contributed by atoms with E-state index in [-0.39, 0.29) is 11.9 Å². The summed E-state index contributed by atoms with van der Waals surface area (Å²) in [6, 6.07) is 14.5. The number of amides is 1. The number of rotatable bonds is 3. The highest BCUT2D eigenvalue weighted by Gasteiger charge is 2.33. The van der Waals surface area contributed by atoms with Crippen LogP contribution in [0.3, 0.4) is 0 Å². The smallest absolute Gasteiger partial charge is 0.268 e. The molecule has 1 aliphatic rings. The maximum Gasteiger partial charge on any atom is 0.268 e. The maximum atomic E-state index is 13.0. The number of aromatic nitrogens is 3. The molecule has 0 aliphatic carbocycles. The molecule has 1 aliphatic heterocycles. The number of likely N-dealkylation sites (tertiary alicyclic amines) is 1. The number of hydrogen-bond acceptors (Lipinski definition) is 5. The summed E-state index contributed by atoms with van der Waals surface area (Å²) >= 11 is 1.17. The molecular formula is C20H20N4OS. The van der Waals surface area contributed by atoms with Gasteiger partial charge in [0.15, 0.2) is 0 Å². The third-order valence-corrected chi connectivity index (χ3v) is 5.60. The first-order chi connectivity index (χ1) is 12.6. The second-order valence-corrected chi connectivity index (χ2v) is 7.39. The second-order valence-electron chi connectivity index (χ2n) is 6.63. The van der Waals surface area contributed by atoms with Gasteiger partial charge in [-0.05, 0) is 61.5 Å². The van der Waals surface area contributed by atoms with Crippen molar-refractivity contribution in [2.75, 3.05) is 6.54 Å². The lowest BCUT2D eigenvalue weighted by molar-refractivity contribution is 0.0737. The van der Waals surface area contributed by atoms with E-state index >= 15 is 0 Å². The molecule has 1 saturated heterocycles. The van der Waals surface area contributed by atoms with Crippen LogP contribution in [0.15, 0.2) is 42.5 Å². The minimum absolute atomic E-state index is 0.00589. The zero-order valence-electron chi connectivity index (χ0n) is 14.8. The molecule has 6 heteroatoms. The van der Waals surface area contributed by atoms with Gasteiger partial charge in [-0.25, -0.2) is 0 Å². The Labute approximate surface area is 156 Å². The molecule has 1 atom stereocenters. The van der Waals surface area contributed by atoms with E-state index < -0.39 is 0 Å². The summed E-state index contributed by atoms with van der Waals surface area (Å²) in [5, 5.41) is 3.98. The number of aryl methyl sites for hydroxylation is 2. The highest BCUT2D eigenvalue weighted by atomic mass is 32.1. The third kappa shape index (κ3) is 3.12. The molecule has 2 aromatic heterocycles. The van der Waals surface area contributed by atoms with Gasteiger partial charge in [0.1, 0.15) is 4.88 Å². The molecule has 0 saturated carbocycles. The SMILES string of the molecule is Cc1cc(-c2ccccc2)cc([C@H]2CCCN2C(=O)c2snnc2C)n1. The van der Waals surface area contributed by atoms with Crippen LogP contribution in [0, 0.1) is 13.8 Å². The zero-order valence-corrected chi connectivity index (χ0v) is 15.7. The van der Waals surface area contributed by atoms with E-state index in [1.165, 1.54) is 11.5 Å². The van der Waals surface area contributed by atoms with Gasteiger partial charge in [-0.1, -0.05) is 34.8 Å². The molecule has 5 nitrogen and oxygen atoms in total. The van der Waals surface area contributed by atoms with Crippen molar-refractivity contribution in [2.45, 2.75) is 32.7 Å². The lowest BCUT2D eigenvalue weighted by Gasteiger charge is -2.24. The van der Waals surface area contributed by atoms with Crippen molar-refractivity contribution in [3.63, 3.8) is 0 Å². The van der Waals surface area contributed by atoms with Crippen molar-refractivity contribution in [2.24, 2.45) is 0 Å². The topological polar surface area (TPSA) is 59.0 Å². The van der Waals surface area contributed by atoms with E-state index in [2.05, 4.69) is 33.9 Å². The quantitative estimate of drug-likeness (QED) is 0.699. The molecule has 3 aromatic rings. The summed E-state index contributed by atoms with van der Waals surface area (Å²) in [4.78, 5) is 20.3. The van der Waals surface area contributed by atoms with Gasteiger partial charge in [0.05, 0.1) is 17.4 Å². The standard InChI is InChI=1S/C20H20N4OS/c1-13-11-16(15-7-4-3-5-8-15)12-17(21-13)18-9-6-10-24(18)20(25)19-14(2)22-23-26-19/h3-5,7-8,11-12,18H,6,9-10H2,1-2H3/t18-/m1/s1. The second kappa shape index (κ2) is 6.96. The Morgan fingerprint density at radius 2 is 1.96 bits per heavy atom. The fourth-order valence-corrected chi connectivity index (χ4v) is 4.15. The molecule has 0 N–H and O–H groups in total. The molecule has 132 valence electrons. The summed E-state index contributed by atoms with van der Waals surface area (Å²) in [5.74, 6) is 0.0181. The fraction of sp³-hybridized carbons (Fsp3) is 0.300. The van der Waals surface area contributed by atoms with Crippen molar-refractivity contribution in [1.82, 2.24) is 19.5 Å². The van der Waals surface area contributed by atoms with Gasteiger partial charge in [-0.15, -0.1) is 5.10 Å². The summed E-state index contributed by atoms with van der Waals surface area (Å²) < 4.78 is 3.91. The Morgan fingerprint density at radius 3 is 2.69 bits per heavy atom. The highest BCUT2D eigenvalue weighted by molar-refractivity contribution is 7.07. The van der Waals surface area contributed by atoms with Gasteiger partial charge in [0, 0.05) is 12.2 Å². The number of hydrogen-bond donors (Lipinski definition) is 0. The predicted octanol–water partition coefficient (Wildman–Crippen LogP) is 4.19. The minimum atomic E-state index is 0.00589. The molecule has 4 rings (SSSR count). The van der Waals surface area contributed by atoms with Gasteiger partial charge in [0.2, 0.25) is 0 Å². The van der Waals surface area contributed by atoms with Crippen LogP contribution in [0.2, 0.25) is 0 Å². The number of nitrogens with zero attached hydrogens (tertiary/aromatic N) is 4. The first-order valence-corrected chi connectivity index (χ1v) is 9.55. The van der Waals surface area contributed by atoms with Crippen molar-refractivity contribution >= 4 is 17.4 Å². The molecule has 26 heavy (non-hydrogen) atoms. The Morgan fingerprint density at radius 1 is 1.15 bits per heavy atom. The van der Waals surface area contributed by atoms with Crippen LogP contribution in [0.1, 0.15) is 45.6 Å². The van der Waals surface area contributed by atoms with Gasteiger partial charge in [0.25, 0.3) is 5.91 Å². The Bertz CT molecular complexity index is 938. The molecule has 0 bridgehead atoms. The molecule has 0 unspecified atom stereocenters. The van der Waals surface area contributed by atoms with Crippen LogP contribution in [-0.2, 0) is 0 Å². The minimum Gasteiger partial charge on any atom is -0.329 e. The Hall–Kier alpha value is -2.60. The van der Waals surface area contributed by atoms with E-state index in [9.17, 15) is 4.79 Å². The van der Waals surface area contributed by atoms with Crippen LogP contribution in [0.25, 0.3) is 11.1 Å². The van der Waals surface area contributed by atoms with E-state index in [4.69, 9.17) is 4.98 Å². The fourth-order valence-electron chi connectivity index (χ4n) is 3.54. The van der Waals surface area contributed by atoms with Crippen molar-refractivity contribution < 1.29 is 4.79 Å². The average molecular weight is 364 g/mol. The first kappa shape index (κ1) is 16.8. The molecule has 0 spiro atoms. The van der Waals surface area contributed by atoms with Crippen molar-refractivity contribution in [1.29, 1.82) is 0 Å². The van der Waals surface area contributed by atoms with E-state index in [1.54, 1.807) is 0 Å². The Kier molecular flexibility index (Phi) is 4.51. The Balaban J connectivity index is 1.69. The number of carbonyl (C=O) groups excluding carboxylic acids is 1. The first-order valence-electron chi connectivity index (χ1n) is 8.77. The number of carbonyl (C=O) groups is 1.